The summed E-state index contributed by atoms with van der Waals surface area (Å²) in [7, 11) is 0. The molecule has 0 saturated carbocycles. The van der Waals surface area contributed by atoms with Gasteiger partial charge in [-0.05, 0) is 44.9 Å². The van der Waals surface area contributed by atoms with Crippen LogP contribution in [0.1, 0.15) is 29.8 Å². The first-order chi connectivity index (χ1) is 13.9. The second kappa shape index (κ2) is 7.82. The number of fused-ring (bicyclic) bond motifs is 1. The molecule has 9 heteroatoms. The number of aryl methyl sites for hydroxylation is 2. The molecule has 4 rings (SSSR count). The van der Waals surface area contributed by atoms with Crippen molar-refractivity contribution in [2.75, 3.05) is 22.5 Å². The predicted octanol–water partition coefficient (Wildman–Crippen LogP) is 2.91. The average Bonchev–Trinajstić information content (AvgIpc) is 3.31. The maximum absolute atomic E-state index is 12.5. The number of nitrogens with zero attached hydrogens (tertiary/aromatic N) is 5. The molecule has 1 aliphatic heterocycles. The lowest BCUT2D eigenvalue weighted by Crippen LogP contribution is -2.26. The first-order valence-corrected chi connectivity index (χ1v) is 10.4. The van der Waals surface area contributed by atoms with Crippen molar-refractivity contribution in [3.63, 3.8) is 0 Å². The number of hydrogen-bond acceptors (Lipinski definition) is 6. The highest BCUT2D eigenvalue weighted by molar-refractivity contribution is 7.99. The van der Waals surface area contributed by atoms with E-state index in [1.54, 1.807) is 9.42 Å². The van der Waals surface area contributed by atoms with Crippen molar-refractivity contribution >= 4 is 40.7 Å². The van der Waals surface area contributed by atoms with E-state index in [1.807, 2.05) is 45.0 Å². The third-order valence-corrected chi connectivity index (χ3v) is 5.95. The minimum atomic E-state index is -0.176. The molecule has 8 nitrogen and oxygen atoms in total. The first-order valence-electron chi connectivity index (χ1n) is 9.46. The molecule has 3 heterocycles. The van der Waals surface area contributed by atoms with E-state index in [-0.39, 0.29) is 17.6 Å². The lowest BCUT2D eigenvalue weighted by atomic mass is 10.2. The number of hydrogen-bond donors (Lipinski definition) is 1. The summed E-state index contributed by atoms with van der Waals surface area (Å²) >= 11 is 1.26. The topological polar surface area (TPSA) is 92.5 Å². The number of thioether (sulfide) groups is 1. The number of rotatable bonds is 5. The minimum Gasteiger partial charge on any atom is -0.324 e. The van der Waals surface area contributed by atoms with Gasteiger partial charge in [-0.25, -0.2) is 9.50 Å². The highest BCUT2D eigenvalue weighted by atomic mass is 32.2. The van der Waals surface area contributed by atoms with Crippen LogP contribution in [0.15, 0.2) is 29.4 Å². The summed E-state index contributed by atoms with van der Waals surface area (Å²) in [6.07, 6.45) is 1.38. The molecule has 1 N–H and O–H groups in total. The van der Waals surface area contributed by atoms with Gasteiger partial charge in [-0.3, -0.25) is 9.59 Å². The van der Waals surface area contributed by atoms with Crippen LogP contribution in [-0.4, -0.2) is 43.7 Å². The summed E-state index contributed by atoms with van der Waals surface area (Å²) in [4.78, 5) is 35.2. The molecule has 0 spiro atoms. The zero-order chi connectivity index (χ0) is 20.5. The largest absolute Gasteiger partial charge is 0.324 e. The average molecular weight is 411 g/mol. The van der Waals surface area contributed by atoms with Crippen molar-refractivity contribution in [3.05, 3.63) is 41.2 Å². The number of benzene rings is 1. The van der Waals surface area contributed by atoms with Gasteiger partial charge in [0, 0.05) is 24.4 Å². The van der Waals surface area contributed by atoms with Crippen LogP contribution < -0.4 is 10.2 Å². The Morgan fingerprint density at radius 2 is 2.00 bits per heavy atom. The number of carbonyl (C=O) groups excluding carboxylic acids is 2. The molecule has 1 aromatic carbocycles. The summed E-state index contributed by atoms with van der Waals surface area (Å²) in [6.45, 7) is 6.60. The van der Waals surface area contributed by atoms with Crippen LogP contribution in [0.3, 0.4) is 0 Å². The van der Waals surface area contributed by atoms with Gasteiger partial charge in [-0.1, -0.05) is 23.9 Å². The molecule has 150 valence electrons. The fraction of sp³-hybridized carbons (Fsp3) is 0.350. The van der Waals surface area contributed by atoms with Gasteiger partial charge in [-0.2, -0.15) is 4.98 Å². The van der Waals surface area contributed by atoms with Crippen LogP contribution in [0, 0.1) is 20.8 Å². The zero-order valence-corrected chi connectivity index (χ0v) is 17.4. The molecular formula is C20H22N6O2S. The van der Waals surface area contributed by atoms with E-state index in [4.69, 9.17) is 0 Å². The van der Waals surface area contributed by atoms with Crippen molar-refractivity contribution < 1.29 is 9.59 Å². The second-order valence-corrected chi connectivity index (χ2v) is 7.96. The van der Waals surface area contributed by atoms with Gasteiger partial charge in [0.25, 0.3) is 5.78 Å². The normalized spacial score (nSPS) is 14.0. The predicted molar refractivity (Wildman–Crippen MR) is 112 cm³/mol. The first kappa shape index (κ1) is 19.4. The molecule has 0 atom stereocenters. The van der Waals surface area contributed by atoms with Crippen LogP contribution in [0.25, 0.3) is 5.78 Å². The molecule has 1 fully saturated rings. The van der Waals surface area contributed by atoms with E-state index < -0.39 is 0 Å². The number of aromatic nitrogens is 4. The monoisotopic (exact) mass is 410 g/mol. The summed E-state index contributed by atoms with van der Waals surface area (Å²) in [5.74, 6) is 0.607. The summed E-state index contributed by atoms with van der Waals surface area (Å²) in [5, 5.41) is 7.87. The van der Waals surface area contributed by atoms with Crippen molar-refractivity contribution in [1.82, 2.24) is 19.6 Å². The fourth-order valence-corrected chi connectivity index (χ4v) is 3.95. The van der Waals surface area contributed by atoms with E-state index in [2.05, 4.69) is 20.4 Å². The third-order valence-electron chi connectivity index (χ3n) is 5.12. The summed E-state index contributed by atoms with van der Waals surface area (Å²) in [5.41, 5.74) is 4.36. The molecule has 29 heavy (non-hydrogen) atoms. The molecule has 2 aromatic heterocycles. The highest BCUT2D eigenvalue weighted by Crippen LogP contribution is 2.29. The van der Waals surface area contributed by atoms with E-state index in [0.717, 1.165) is 29.1 Å². The Bertz CT molecular complexity index is 1110. The molecule has 2 amide bonds. The number of nitrogens with one attached hydrogen (secondary N) is 1. The Morgan fingerprint density at radius 1 is 1.21 bits per heavy atom. The standard InChI is InChI=1S/C20H22N6O2S/c1-12-13(2)21-19-23-20(24-26(19)14(12)3)29-11-17(27)22-15-7-4-5-8-16(15)25-10-6-9-18(25)28/h4-5,7-8H,6,9-11H2,1-3H3,(H,22,27). The number of para-hydroxylation sites is 2. The molecule has 1 aliphatic rings. The Labute approximate surface area is 172 Å². The van der Waals surface area contributed by atoms with Gasteiger partial charge in [-0.15, -0.1) is 5.10 Å². The second-order valence-electron chi connectivity index (χ2n) is 7.02. The maximum atomic E-state index is 12.5. The van der Waals surface area contributed by atoms with Crippen molar-refractivity contribution in [3.8, 4) is 0 Å². The zero-order valence-electron chi connectivity index (χ0n) is 16.6. The Hall–Kier alpha value is -2.94. The Balaban J connectivity index is 1.46. The van der Waals surface area contributed by atoms with Gasteiger partial charge < -0.3 is 10.2 Å². The maximum Gasteiger partial charge on any atom is 0.253 e. The minimum absolute atomic E-state index is 0.0865. The van der Waals surface area contributed by atoms with Crippen molar-refractivity contribution in [1.29, 1.82) is 0 Å². The lowest BCUT2D eigenvalue weighted by Gasteiger charge is -2.19. The lowest BCUT2D eigenvalue weighted by molar-refractivity contribution is -0.117. The molecule has 1 saturated heterocycles. The molecule has 0 radical (unpaired) electrons. The molecule has 3 aromatic rings. The molecular weight excluding hydrogens is 388 g/mol. The summed E-state index contributed by atoms with van der Waals surface area (Å²) < 4.78 is 1.71. The molecule has 0 aliphatic carbocycles. The Kier molecular flexibility index (Phi) is 5.23. The van der Waals surface area contributed by atoms with Gasteiger partial charge in [0.05, 0.1) is 17.1 Å². The fourth-order valence-electron chi connectivity index (χ4n) is 3.33. The highest BCUT2D eigenvalue weighted by Gasteiger charge is 2.24. The van der Waals surface area contributed by atoms with E-state index >= 15 is 0 Å². The van der Waals surface area contributed by atoms with E-state index in [1.165, 1.54) is 11.8 Å². The Morgan fingerprint density at radius 3 is 2.76 bits per heavy atom. The van der Waals surface area contributed by atoms with E-state index in [9.17, 15) is 9.59 Å². The van der Waals surface area contributed by atoms with Crippen molar-refractivity contribution in [2.24, 2.45) is 0 Å². The number of anilines is 2. The van der Waals surface area contributed by atoms with Gasteiger partial charge in [0.15, 0.2) is 0 Å². The SMILES string of the molecule is Cc1nc2nc(SCC(=O)Nc3ccccc3N3CCCC3=O)nn2c(C)c1C. The van der Waals surface area contributed by atoms with Gasteiger partial charge >= 0.3 is 0 Å². The number of carbonyl (C=O) groups is 2. The van der Waals surface area contributed by atoms with Crippen LogP contribution in [0.5, 0.6) is 0 Å². The quantitative estimate of drug-likeness (QED) is 0.650. The number of amides is 2. The van der Waals surface area contributed by atoms with Crippen LogP contribution in [0.2, 0.25) is 0 Å². The third kappa shape index (κ3) is 3.82. The molecule has 0 unspecified atom stereocenters. The van der Waals surface area contributed by atoms with Crippen LogP contribution in [-0.2, 0) is 9.59 Å². The van der Waals surface area contributed by atoms with Crippen LogP contribution in [0.4, 0.5) is 11.4 Å². The van der Waals surface area contributed by atoms with Crippen LogP contribution >= 0.6 is 11.8 Å². The van der Waals surface area contributed by atoms with Gasteiger partial charge in [0.1, 0.15) is 0 Å². The van der Waals surface area contributed by atoms with E-state index in [0.29, 0.717) is 29.6 Å². The summed E-state index contributed by atoms with van der Waals surface area (Å²) in [6, 6.07) is 7.38. The van der Waals surface area contributed by atoms with Gasteiger partial charge in [0.2, 0.25) is 17.0 Å². The smallest absolute Gasteiger partial charge is 0.253 e. The molecule has 0 bridgehead atoms. The van der Waals surface area contributed by atoms with Crippen molar-refractivity contribution in [2.45, 2.75) is 38.8 Å².